The molecule has 5 nitrogen and oxygen atoms in total. The number of nitrogens with one attached hydrogen (secondary N) is 1. The summed E-state index contributed by atoms with van der Waals surface area (Å²) < 4.78 is 5.36. The number of hydrogen-bond donors (Lipinski definition) is 1. The lowest BCUT2D eigenvalue weighted by atomic mass is 10.1. The van der Waals surface area contributed by atoms with Crippen LogP contribution in [0, 0.1) is 11.3 Å². The summed E-state index contributed by atoms with van der Waals surface area (Å²) in [6.45, 7) is 6.06. The van der Waals surface area contributed by atoms with Crippen molar-refractivity contribution in [3.05, 3.63) is 89.2 Å². The molecule has 0 aliphatic rings. The van der Waals surface area contributed by atoms with Gasteiger partial charge in [0.15, 0.2) is 0 Å². The lowest BCUT2D eigenvalue weighted by molar-refractivity contribution is 0.415. The van der Waals surface area contributed by atoms with Crippen LogP contribution < -0.4 is 10.1 Å². The molecule has 0 spiro atoms. The van der Waals surface area contributed by atoms with E-state index in [0.717, 1.165) is 22.5 Å². The van der Waals surface area contributed by atoms with Crippen molar-refractivity contribution in [2.45, 2.75) is 6.92 Å². The molecular formula is C23H19ClN4O. The van der Waals surface area contributed by atoms with Gasteiger partial charge in [-0.2, -0.15) is 5.26 Å². The molecule has 0 fully saturated rings. The summed E-state index contributed by atoms with van der Waals surface area (Å²) in [4.78, 5) is 8.88. The first kappa shape index (κ1) is 20.1. The van der Waals surface area contributed by atoms with Crippen LogP contribution in [0.15, 0.2) is 72.5 Å². The van der Waals surface area contributed by atoms with Crippen molar-refractivity contribution in [1.29, 1.82) is 5.26 Å². The predicted molar refractivity (Wildman–Crippen MR) is 118 cm³/mol. The maximum Gasteiger partial charge on any atom is 0.138 e. The van der Waals surface area contributed by atoms with Crippen molar-refractivity contribution in [2.24, 2.45) is 4.99 Å². The van der Waals surface area contributed by atoms with Gasteiger partial charge in [0.25, 0.3) is 0 Å². The van der Waals surface area contributed by atoms with Gasteiger partial charge in [0.05, 0.1) is 29.5 Å². The van der Waals surface area contributed by atoms with E-state index in [9.17, 15) is 0 Å². The van der Waals surface area contributed by atoms with Gasteiger partial charge in [-0.25, -0.2) is 0 Å². The van der Waals surface area contributed by atoms with E-state index in [4.69, 9.17) is 26.6 Å². The molecule has 0 saturated heterocycles. The van der Waals surface area contributed by atoms with Gasteiger partial charge in [0.1, 0.15) is 5.75 Å². The minimum atomic E-state index is 0.452. The number of pyridine rings is 1. The first-order valence-corrected chi connectivity index (χ1v) is 9.19. The van der Waals surface area contributed by atoms with Gasteiger partial charge in [-0.05, 0) is 43.3 Å². The minimum Gasteiger partial charge on any atom is -0.495 e. The van der Waals surface area contributed by atoms with Crippen LogP contribution in [0.25, 0.3) is 5.70 Å². The molecule has 3 rings (SSSR count). The van der Waals surface area contributed by atoms with Crippen LogP contribution in [0.3, 0.4) is 0 Å². The van der Waals surface area contributed by atoms with Crippen molar-refractivity contribution in [3.8, 4) is 11.8 Å². The minimum absolute atomic E-state index is 0.452. The molecule has 1 heterocycles. The van der Waals surface area contributed by atoms with Gasteiger partial charge in [-0.1, -0.05) is 30.3 Å². The Kier molecular flexibility index (Phi) is 6.28. The van der Waals surface area contributed by atoms with E-state index in [1.54, 1.807) is 43.8 Å². The average Bonchev–Trinajstić information content (AvgIpc) is 2.74. The zero-order chi connectivity index (χ0) is 20.8. The molecule has 0 unspecified atom stereocenters. The Bertz CT molecular complexity index is 1120. The van der Waals surface area contributed by atoms with Crippen LogP contribution in [-0.4, -0.2) is 17.8 Å². The maximum atomic E-state index is 9.11. The average molecular weight is 403 g/mol. The van der Waals surface area contributed by atoms with E-state index in [-0.39, 0.29) is 0 Å². The summed E-state index contributed by atoms with van der Waals surface area (Å²) in [6, 6.07) is 16.6. The van der Waals surface area contributed by atoms with E-state index >= 15 is 0 Å². The second-order valence-electron chi connectivity index (χ2n) is 6.24. The fourth-order valence-corrected chi connectivity index (χ4v) is 3.00. The summed E-state index contributed by atoms with van der Waals surface area (Å²) >= 11 is 6.34. The standard InChI is InChI=1S/C23H19ClN4O/c1-15(18-7-5-9-26-14-18)28-22-12-21(24)23(29-3)11-20(22)16(2)27-19-8-4-6-17(10-19)13-25/h4-12,14,27H,2H2,1,3H3/b28-15+. The Morgan fingerprint density at radius 3 is 2.76 bits per heavy atom. The van der Waals surface area contributed by atoms with E-state index in [1.807, 2.05) is 31.2 Å². The Morgan fingerprint density at radius 2 is 2.07 bits per heavy atom. The molecule has 0 aliphatic heterocycles. The lowest BCUT2D eigenvalue weighted by Gasteiger charge is -2.15. The van der Waals surface area contributed by atoms with Gasteiger partial charge in [0, 0.05) is 40.6 Å². The zero-order valence-corrected chi connectivity index (χ0v) is 16.9. The highest BCUT2D eigenvalue weighted by molar-refractivity contribution is 6.32. The van der Waals surface area contributed by atoms with Crippen molar-refractivity contribution in [2.75, 3.05) is 12.4 Å². The van der Waals surface area contributed by atoms with Gasteiger partial charge < -0.3 is 10.1 Å². The number of ether oxygens (including phenoxy) is 1. The molecule has 2 aromatic carbocycles. The molecule has 0 aliphatic carbocycles. The molecule has 0 amide bonds. The number of nitriles is 1. The molecule has 1 N–H and O–H groups in total. The largest absolute Gasteiger partial charge is 0.495 e. The van der Waals surface area contributed by atoms with Gasteiger partial charge in [-0.15, -0.1) is 0 Å². The molecule has 3 aromatic rings. The summed E-state index contributed by atoms with van der Waals surface area (Å²) in [6.07, 6.45) is 3.47. The Balaban J connectivity index is 2.02. The fraction of sp³-hybridized carbons (Fsp3) is 0.0870. The van der Waals surface area contributed by atoms with E-state index < -0.39 is 0 Å². The van der Waals surface area contributed by atoms with Crippen LogP contribution in [0.2, 0.25) is 5.02 Å². The Morgan fingerprint density at radius 1 is 1.24 bits per heavy atom. The van der Waals surface area contributed by atoms with Crippen LogP contribution in [0.5, 0.6) is 5.75 Å². The fourth-order valence-electron chi connectivity index (χ4n) is 2.76. The number of aliphatic imine (C=N–C) groups is 1. The van der Waals surface area contributed by atoms with Crippen molar-refractivity contribution < 1.29 is 4.74 Å². The number of rotatable bonds is 6. The highest BCUT2D eigenvalue weighted by atomic mass is 35.5. The highest BCUT2D eigenvalue weighted by Crippen LogP contribution is 2.36. The molecular weight excluding hydrogens is 384 g/mol. The summed E-state index contributed by atoms with van der Waals surface area (Å²) in [5, 5.41) is 12.8. The van der Waals surface area contributed by atoms with Crippen LogP contribution in [0.1, 0.15) is 23.6 Å². The number of aromatic nitrogens is 1. The quantitative estimate of drug-likeness (QED) is 0.526. The number of halogens is 1. The monoisotopic (exact) mass is 402 g/mol. The smallest absolute Gasteiger partial charge is 0.138 e. The van der Waals surface area contributed by atoms with Crippen LogP contribution >= 0.6 is 11.6 Å². The molecule has 0 atom stereocenters. The number of methoxy groups -OCH3 is 1. The third kappa shape index (κ3) is 4.81. The van der Waals surface area contributed by atoms with E-state index in [2.05, 4.69) is 22.9 Å². The van der Waals surface area contributed by atoms with E-state index in [0.29, 0.717) is 27.7 Å². The van der Waals surface area contributed by atoms with Crippen LogP contribution in [0.4, 0.5) is 11.4 Å². The second kappa shape index (κ2) is 9.05. The second-order valence-corrected chi connectivity index (χ2v) is 6.65. The first-order valence-electron chi connectivity index (χ1n) is 8.81. The molecule has 0 radical (unpaired) electrons. The van der Waals surface area contributed by atoms with Gasteiger partial charge in [0.2, 0.25) is 0 Å². The number of benzene rings is 2. The summed E-state index contributed by atoms with van der Waals surface area (Å²) in [7, 11) is 1.56. The first-order chi connectivity index (χ1) is 14.0. The number of anilines is 1. The predicted octanol–water partition coefficient (Wildman–Crippen LogP) is 5.84. The molecule has 0 bridgehead atoms. The Hall–Kier alpha value is -3.62. The zero-order valence-electron chi connectivity index (χ0n) is 16.1. The van der Waals surface area contributed by atoms with Gasteiger partial charge >= 0.3 is 0 Å². The van der Waals surface area contributed by atoms with Crippen molar-refractivity contribution in [3.63, 3.8) is 0 Å². The van der Waals surface area contributed by atoms with Gasteiger partial charge in [-0.3, -0.25) is 9.98 Å². The molecule has 0 saturated carbocycles. The third-order valence-corrected chi connectivity index (χ3v) is 4.54. The highest BCUT2D eigenvalue weighted by Gasteiger charge is 2.13. The van der Waals surface area contributed by atoms with Crippen molar-refractivity contribution in [1.82, 2.24) is 4.98 Å². The Labute approximate surface area is 175 Å². The summed E-state index contributed by atoms with van der Waals surface area (Å²) in [5.74, 6) is 0.522. The van der Waals surface area contributed by atoms with Crippen LogP contribution in [-0.2, 0) is 0 Å². The maximum absolute atomic E-state index is 9.11. The van der Waals surface area contributed by atoms with Crippen molar-refractivity contribution >= 4 is 34.4 Å². The summed E-state index contributed by atoms with van der Waals surface area (Å²) in [5.41, 5.74) is 4.99. The molecule has 29 heavy (non-hydrogen) atoms. The number of nitrogens with zero attached hydrogens (tertiary/aromatic N) is 3. The molecule has 144 valence electrons. The lowest BCUT2D eigenvalue weighted by Crippen LogP contribution is -2.01. The normalized spacial score (nSPS) is 10.9. The van der Waals surface area contributed by atoms with E-state index in [1.165, 1.54) is 0 Å². The third-order valence-electron chi connectivity index (χ3n) is 4.25. The number of hydrogen-bond acceptors (Lipinski definition) is 5. The topological polar surface area (TPSA) is 70.3 Å². The molecule has 6 heteroatoms. The molecule has 1 aromatic heterocycles. The SMILES string of the molecule is C=C(Nc1cccc(C#N)c1)c1cc(OC)c(Cl)cc1/N=C(\C)c1cccnc1.